The fourth-order valence-corrected chi connectivity index (χ4v) is 2.69. The number of amides is 1. The molecule has 4 heteroatoms. The monoisotopic (exact) mass is 282 g/mol. The molecule has 19 heavy (non-hydrogen) atoms. The van der Waals surface area contributed by atoms with Crippen molar-refractivity contribution in [2.75, 3.05) is 20.1 Å². The molecular formula is C15H23ClN2O. The van der Waals surface area contributed by atoms with E-state index < -0.39 is 0 Å². The van der Waals surface area contributed by atoms with Gasteiger partial charge in [0.2, 0.25) is 5.91 Å². The highest BCUT2D eigenvalue weighted by Crippen LogP contribution is 2.21. The van der Waals surface area contributed by atoms with Crippen LogP contribution in [0.15, 0.2) is 30.3 Å². The molecule has 1 atom stereocenters. The first-order valence-corrected chi connectivity index (χ1v) is 6.79. The number of nitrogens with one attached hydrogen (secondary N) is 1. The molecule has 1 saturated heterocycles. The first-order chi connectivity index (χ1) is 8.81. The Kier molecular flexibility index (Phi) is 6.89. The minimum absolute atomic E-state index is 0. The van der Waals surface area contributed by atoms with Crippen molar-refractivity contribution in [3.63, 3.8) is 0 Å². The van der Waals surface area contributed by atoms with E-state index in [2.05, 4.69) is 34.5 Å². The fraction of sp³-hybridized carbons (Fsp3) is 0.533. The number of benzene rings is 1. The van der Waals surface area contributed by atoms with E-state index in [0.717, 1.165) is 32.2 Å². The van der Waals surface area contributed by atoms with E-state index in [1.807, 2.05) is 13.1 Å². The Bertz CT molecular complexity index is 383. The Labute approximate surface area is 121 Å². The maximum Gasteiger partial charge on any atom is 0.236 e. The zero-order valence-electron chi connectivity index (χ0n) is 11.5. The van der Waals surface area contributed by atoms with E-state index in [1.165, 1.54) is 5.56 Å². The quantitative estimate of drug-likeness (QED) is 0.898. The highest BCUT2D eigenvalue weighted by molar-refractivity contribution is 5.85. The number of nitrogens with zero attached hydrogens (tertiary/aromatic N) is 1. The summed E-state index contributed by atoms with van der Waals surface area (Å²) in [6, 6.07) is 11.0. The summed E-state index contributed by atoms with van der Waals surface area (Å²) >= 11 is 0. The molecule has 0 bridgehead atoms. The number of carbonyl (C=O) groups is 1. The SMILES string of the molecule is CNCC(=O)N1CCCC1CCc1ccccc1.Cl. The third-order valence-electron chi connectivity index (χ3n) is 3.63. The predicted molar refractivity (Wildman–Crippen MR) is 80.7 cm³/mol. The molecule has 0 aromatic heterocycles. The van der Waals surface area contributed by atoms with E-state index >= 15 is 0 Å². The number of hydrogen-bond acceptors (Lipinski definition) is 2. The summed E-state index contributed by atoms with van der Waals surface area (Å²) in [5, 5.41) is 2.95. The molecular weight excluding hydrogens is 260 g/mol. The van der Waals surface area contributed by atoms with Crippen LogP contribution in [0.5, 0.6) is 0 Å². The third-order valence-corrected chi connectivity index (χ3v) is 3.63. The van der Waals surface area contributed by atoms with Gasteiger partial charge in [0.05, 0.1) is 6.54 Å². The number of likely N-dealkylation sites (tertiary alicyclic amines) is 1. The number of likely N-dealkylation sites (N-methyl/N-ethyl adjacent to an activating group) is 1. The van der Waals surface area contributed by atoms with Crippen molar-refractivity contribution < 1.29 is 4.79 Å². The normalized spacial score (nSPS) is 18.2. The molecule has 1 aliphatic heterocycles. The molecule has 106 valence electrons. The van der Waals surface area contributed by atoms with Crippen LogP contribution in [0.2, 0.25) is 0 Å². The summed E-state index contributed by atoms with van der Waals surface area (Å²) in [4.78, 5) is 14.0. The predicted octanol–water partition coefficient (Wildman–Crippen LogP) is 2.25. The molecule has 1 aromatic carbocycles. The van der Waals surface area contributed by atoms with Crippen molar-refractivity contribution in [3.05, 3.63) is 35.9 Å². The van der Waals surface area contributed by atoms with Crippen LogP contribution in [0, 0.1) is 0 Å². The van der Waals surface area contributed by atoms with Crippen molar-refractivity contribution in [1.82, 2.24) is 10.2 Å². The third kappa shape index (κ3) is 4.51. The number of hydrogen-bond donors (Lipinski definition) is 1. The average molecular weight is 283 g/mol. The lowest BCUT2D eigenvalue weighted by molar-refractivity contribution is -0.131. The lowest BCUT2D eigenvalue weighted by atomic mass is 10.0. The van der Waals surface area contributed by atoms with Gasteiger partial charge in [-0.25, -0.2) is 0 Å². The molecule has 0 radical (unpaired) electrons. The summed E-state index contributed by atoms with van der Waals surface area (Å²) in [5.41, 5.74) is 1.37. The number of halogens is 1. The molecule has 3 nitrogen and oxygen atoms in total. The van der Waals surface area contributed by atoms with E-state index in [1.54, 1.807) is 0 Å². The topological polar surface area (TPSA) is 32.3 Å². The van der Waals surface area contributed by atoms with Gasteiger partial charge in [-0.15, -0.1) is 12.4 Å². The summed E-state index contributed by atoms with van der Waals surface area (Å²) in [5.74, 6) is 0.244. The lowest BCUT2D eigenvalue weighted by Crippen LogP contribution is -2.40. The highest BCUT2D eigenvalue weighted by Gasteiger charge is 2.27. The molecule has 2 rings (SSSR count). The van der Waals surface area contributed by atoms with Gasteiger partial charge in [0.15, 0.2) is 0 Å². The summed E-state index contributed by atoms with van der Waals surface area (Å²) in [6.07, 6.45) is 4.45. The van der Waals surface area contributed by atoms with Gasteiger partial charge in [-0.1, -0.05) is 30.3 Å². The number of carbonyl (C=O) groups excluding carboxylic acids is 1. The van der Waals surface area contributed by atoms with Gasteiger partial charge in [-0.2, -0.15) is 0 Å². The second-order valence-corrected chi connectivity index (χ2v) is 4.94. The molecule has 0 aliphatic carbocycles. The van der Waals surface area contributed by atoms with Gasteiger partial charge < -0.3 is 10.2 Å². The summed E-state index contributed by atoms with van der Waals surface area (Å²) in [6.45, 7) is 1.39. The second kappa shape index (κ2) is 8.18. The van der Waals surface area contributed by atoms with Crippen molar-refractivity contribution in [1.29, 1.82) is 0 Å². The minimum Gasteiger partial charge on any atom is -0.339 e. The van der Waals surface area contributed by atoms with Crippen molar-refractivity contribution in [2.45, 2.75) is 31.7 Å². The zero-order chi connectivity index (χ0) is 12.8. The van der Waals surface area contributed by atoms with Crippen LogP contribution >= 0.6 is 12.4 Å². The van der Waals surface area contributed by atoms with Crippen LogP contribution in [0.25, 0.3) is 0 Å². The molecule has 1 amide bonds. The Morgan fingerprint density at radius 2 is 2.11 bits per heavy atom. The number of rotatable bonds is 5. The van der Waals surface area contributed by atoms with E-state index in [4.69, 9.17) is 0 Å². The molecule has 1 unspecified atom stereocenters. The maximum absolute atomic E-state index is 11.9. The number of aryl methyl sites for hydroxylation is 1. The zero-order valence-corrected chi connectivity index (χ0v) is 12.3. The Balaban J connectivity index is 0.00000180. The summed E-state index contributed by atoms with van der Waals surface area (Å²) in [7, 11) is 1.83. The molecule has 0 spiro atoms. The second-order valence-electron chi connectivity index (χ2n) is 4.94. The van der Waals surface area contributed by atoms with E-state index in [-0.39, 0.29) is 18.3 Å². The van der Waals surface area contributed by atoms with Crippen LogP contribution in [-0.4, -0.2) is 37.0 Å². The summed E-state index contributed by atoms with van der Waals surface area (Å²) < 4.78 is 0. The van der Waals surface area contributed by atoms with Crippen LogP contribution in [0.3, 0.4) is 0 Å². The Hall–Kier alpha value is -1.06. The molecule has 1 aliphatic rings. The van der Waals surface area contributed by atoms with Gasteiger partial charge in [-0.05, 0) is 38.3 Å². The van der Waals surface area contributed by atoms with Crippen LogP contribution in [0.1, 0.15) is 24.8 Å². The van der Waals surface area contributed by atoms with E-state index in [9.17, 15) is 4.79 Å². The Morgan fingerprint density at radius 1 is 1.37 bits per heavy atom. The standard InChI is InChI=1S/C15H22N2O.ClH/c1-16-12-15(18)17-11-5-8-14(17)10-9-13-6-3-2-4-7-13;/h2-4,6-7,14,16H,5,8-12H2,1H3;1H. The van der Waals surface area contributed by atoms with Crippen molar-refractivity contribution in [2.24, 2.45) is 0 Å². The lowest BCUT2D eigenvalue weighted by Gasteiger charge is -2.24. The van der Waals surface area contributed by atoms with Crippen LogP contribution in [0.4, 0.5) is 0 Å². The van der Waals surface area contributed by atoms with Crippen molar-refractivity contribution in [3.8, 4) is 0 Å². The molecule has 1 aromatic rings. The molecule has 1 heterocycles. The first-order valence-electron chi connectivity index (χ1n) is 6.79. The minimum atomic E-state index is 0. The van der Waals surface area contributed by atoms with Crippen LogP contribution < -0.4 is 5.32 Å². The van der Waals surface area contributed by atoms with Crippen LogP contribution in [-0.2, 0) is 11.2 Å². The first kappa shape index (κ1) is 16.0. The van der Waals surface area contributed by atoms with Gasteiger partial charge in [-0.3, -0.25) is 4.79 Å². The Morgan fingerprint density at radius 3 is 2.79 bits per heavy atom. The van der Waals surface area contributed by atoms with Crippen molar-refractivity contribution >= 4 is 18.3 Å². The van der Waals surface area contributed by atoms with Gasteiger partial charge in [0, 0.05) is 12.6 Å². The molecule has 0 saturated carbocycles. The molecule has 1 N–H and O–H groups in total. The van der Waals surface area contributed by atoms with Gasteiger partial charge >= 0.3 is 0 Å². The highest BCUT2D eigenvalue weighted by atomic mass is 35.5. The van der Waals surface area contributed by atoms with E-state index in [0.29, 0.717) is 12.6 Å². The largest absolute Gasteiger partial charge is 0.339 e. The molecule has 1 fully saturated rings. The maximum atomic E-state index is 11.9. The smallest absolute Gasteiger partial charge is 0.236 e. The van der Waals surface area contributed by atoms with Gasteiger partial charge in [0.1, 0.15) is 0 Å². The fourth-order valence-electron chi connectivity index (χ4n) is 2.69. The van der Waals surface area contributed by atoms with Gasteiger partial charge in [0.25, 0.3) is 0 Å². The average Bonchev–Trinajstić information content (AvgIpc) is 2.86.